The number of rotatable bonds is 4. The first kappa shape index (κ1) is 21.5. The van der Waals surface area contributed by atoms with Crippen molar-refractivity contribution in [3.63, 3.8) is 0 Å². The quantitative estimate of drug-likeness (QED) is 0.758. The summed E-state index contributed by atoms with van der Waals surface area (Å²) in [6.07, 6.45) is -5.89. The Balaban J connectivity index is 1.50. The van der Waals surface area contributed by atoms with E-state index >= 15 is 0 Å². The van der Waals surface area contributed by atoms with Gasteiger partial charge in [-0.3, -0.25) is 14.5 Å². The van der Waals surface area contributed by atoms with Crippen LogP contribution in [-0.2, 0) is 15.7 Å². The number of amides is 2. The highest BCUT2D eigenvalue weighted by atomic mass is 19.4. The summed E-state index contributed by atoms with van der Waals surface area (Å²) in [5.41, 5.74) is -0.753. The Morgan fingerprint density at radius 3 is 2.34 bits per heavy atom. The second-order valence-electron chi connectivity index (χ2n) is 7.32. The molecule has 0 radical (unpaired) electrons. The molecule has 2 amide bonds. The van der Waals surface area contributed by atoms with Gasteiger partial charge in [-0.15, -0.1) is 0 Å². The molecule has 0 spiro atoms. The molecule has 0 aliphatic carbocycles. The SMILES string of the molecule is CC(=O)N1CCN(C[C@@H]2OC[C@H](NC(=O)c3ccc(C(F)(F)F)cc3)[C@H]2O)CC1. The number of hydrogen-bond donors (Lipinski definition) is 2. The summed E-state index contributed by atoms with van der Waals surface area (Å²) in [6, 6.07) is 3.26. The van der Waals surface area contributed by atoms with Crippen LogP contribution in [-0.4, -0.2) is 84.3 Å². The van der Waals surface area contributed by atoms with Crippen molar-refractivity contribution in [3.8, 4) is 0 Å². The fraction of sp³-hybridized carbons (Fsp3) is 0.579. The number of carbonyl (C=O) groups excluding carboxylic acids is 2. The minimum Gasteiger partial charge on any atom is -0.388 e. The number of carbonyl (C=O) groups is 2. The predicted octanol–water partition coefficient (Wildman–Crippen LogP) is 0.728. The van der Waals surface area contributed by atoms with Gasteiger partial charge in [0, 0.05) is 45.2 Å². The Morgan fingerprint density at radius 1 is 1.17 bits per heavy atom. The first-order valence-corrected chi connectivity index (χ1v) is 9.41. The van der Waals surface area contributed by atoms with Crippen LogP contribution in [0.4, 0.5) is 13.2 Å². The van der Waals surface area contributed by atoms with Crippen LogP contribution in [0.5, 0.6) is 0 Å². The number of ether oxygens (including phenoxy) is 1. The summed E-state index contributed by atoms with van der Waals surface area (Å²) in [6.45, 7) is 4.70. The summed E-state index contributed by atoms with van der Waals surface area (Å²) in [5.74, 6) is -0.532. The minimum atomic E-state index is -4.46. The molecule has 2 aliphatic rings. The smallest absolute Gasteiger partial charge is 0.388 e. The van der Waals surface area contributed by atoms with E-state index < -0.39 is 35.9 Å². The molecule has 2 aliphatic heterocycles. The molecule has 1 aromatic carbocycles. The predicted molar refractivity (Wildman–Crippen MR) is 97.1 cm³/mol. The molecular formula is C19H24F3N3O4. The van der Waals surface area contributed by atoms with E-state index in [4.69, 9.17) is 4.74 Å². The standard InChI is InChI=1S/C19H24F3N3O4/c1-12(26)25-8-6-24(7-9-25)10-16-17(27)15(11-29-16)23-18(28)13-2-4-14(5-3-13)19(20,21)22/h2-5,15-17,27H,6-11H2,1H3,(H,23,28)/t15-,16-,17+/m0/s1. The first-order valence-electron chi connectivity index (χ1n) is 9.41. The van der Waals surface area contributed by atoms with Crippen molar-refractivity contribution in [1.29, 1.82) is 0 Å². The third-order valence-electron chi connectivity index (χ3n) is 5.33. The minimum absolute atomic E-state index is 0.0350. The summed E-state index contributed by atoms with van der Waals surface area (Å²) < 4.78 is 43.5. The molecule has 2 fully saturated rings. The molecule has 2 heterocycles. The zero-order valence-corrected chi connectivity index (χ0v) is 16.0. The van der Waals surface area contributed by atoms with Crippen molar-refractivity contribution in [2.24, 2.45) is 0 Å². The van der Waals surface area contributed by atoms with Crippen molar-refractivity contribution in [3.05, 3.63) is 35.4 Å². The largest absolute Gasteiger partial charge is 0.416 e. The average molecular weight is 415 g/mol. The lowest BCUT2D eigenvalue weighted by Crippen LogP contribution is -2.52. The highest BCUT2D eigenvalue weighted by Gasteiger charge is 2.38. The van der Waals surface area contributed by atoms with Gasteiger partial charge < -0.3 is 20.1 Å². The number of halogens is 3. The van der Waals surface area contributed by atoms with Crippen LogP contribution in [0.2, 0.25) is 0 Å². The van der Waals surface area contributed by atoms with Crippen LogP contribution in [0.3, 0.4) is 0 Å². The third-order valence-corrected chi connectivity index (χ3v) is 5.33. The van der Waals surface area contributed by atoms with Gasteiger partial charge in [0.15, 0.2) is 0 Å². The number of aliphatic hydroxyl groups excluding tert-OH is 1. The van der Waals surface area contributed by atoms with Crippen molar-refractivity contribution in [2.45, 2.75) is 31.3 Å². The highest BCUT2D eigenvalue weighted by molar-refractivity contribution is 5.94. The molecule has 10 heteroatoms. The van der Waals surface area contributed by atoms with Gasteiger partial charge in [0.05, 0.1) is 24.3 Å². The number of benzene rings is 1. The number of aliphatic hydroxyl groups is 1. The Labute approximate surface area is 166 Å². The number of piperazine rings is 1. The molecule has 2 N–H and O–H groups in total. The molecule has 0 unspecified atom stereocenters. The third kappa shape index (κ3) is 5.26. The van der Waals surface area contributed by atoms with E-state index in [1.54, 1.807) is 4.90 Å². The van der Waals surface area contributed by atoms with Gasteiger partial charge in [-0.1, -0.05) is 0 Å². The van der Waals surface area contributed by atoms with Gasteiger partial charge in [-0.25, -0.2) is 0 Å². The normalized spacial score (nSPS) is 25.8. The Morgan fingerprint density at radius 2 is 1.79 bits per heavy atom. The summed E-state index contributed by atoms with van der Waals surface area (Å²) >= 11 is 0. The van der Waals surface area contributed by atoms with Crippen LogP contribution >= 0.6 is 0 Å². The lowest BCUT2D eigenvalue weighted by Gasteiger charge is -2.35. The maximum atomic E-state index is 12.6. The topological polar surface area (TPSA) is 82.1 Å². The number of alkyl halides is 3. The molecule has 29 heavy (non-hydrogen) atoms. The van der Waals surface area contributed by atoms with E-state index in [1.807, 2.05) is 0 Å². The van der Waals surface area contributed by atoms with E-state index in [9.17, 15) is 27.9 Å². The number of nitrogens with zero attached hydrogens (tertiary/aromatic N) is 2. The zero-order valence-electron chi connectivity index (χ0n) is 16.0. The second-order valence-corrected chi connectivity index (χ2v) is 7.32. The van der Waals surface area contributed by atoms with Gasteiger partial charge >= 0.3 is 6.18 Å². The summed E-state index contributed by atoms with van der Waals surface area (Å²) in [7, 11) is 0. The van der Waals surface area contributed by atoms with Crippen molar-refractivity contribution < 1.29 is 32.6 Å². The van der Waals surface area contributed by atoms with Crippen molar-refractivity contribution in [1.82, 2.24) is 15.1 Å². The molecule has 160 valence electrons. The Bertz CT molecular complexity index is 733. The first-order chi connectivity index (χ1) is 13.6. The van der Waals surface area contributed by atoms with E-state index in [0.717, 1.165) is 24.3 Å². The average Bonchev–Trinajstić information content (AvgIpc) is 3.01. The molecule has 0 saturated carbocycles. The van der Waals surface area contributed by atoms with Gasteiger partial charge in [0.25, 0.3) is 5.91 Å². The molecule has 3 atom stereocenters. The van der Waals surface area contributed by atoms with E-state index in [1.165, 1.54) is 6.92 Å². The van der Waals surface area contributed by atoms with Gasteiger partial charge in [0.1, 0.15) is 6.10 Å². The number of nitrogens with one attached hydrogen (secondary N) is 1. The van der Waals surface area contributed by atoms with Crippen LogP contribution in [0.25, 0.3) is 0 Å². The maximum Gasteiger partial charge on any atom is 0.416 e. The fourth-order valence-electron chi connectivity index (χ4n) is 3.53. The second kappa shape index (κ2) is 8.68. The molecule has 7 nitrogen and oxygen atoms in total. The summed E-state index contributed by atoms with van der Waals surface area (Å²) in [4.78, 5) is 27.5. The van der Waals surface area contributed by atoms with Gasteiger partial charge in [-0.2, -0.15) is 13.2 Å². The Hall–Kier alpha value is -2.17. The van der Waals surface area contributed by atoms with Crippen molar-refractivity contribution >= 4 is 11.8 Å². The highest BCUT2D eigenvalue weighted by Crippen LogP contribution is 2.29. The van der Waals surface area contributed by atoms with Crippen molar-refractivity contribution in [2.75, 3.05) is 39.3 Å². The molecule has 1 aromatic rings. The van der Waals surface area contributed by atoms with Gasteiger partial charge in [0.2, 0.25) is 5.91 Å². The van der Waals surface area contributed by atoms with Crippen LogP contribution < -0.4 is 5.32 Å². The Kier molecular flexibility index (Phi) is 6.45. The summed E-state index contributed by atoms with van der Waals surface area (Å²) in [5, 5.41) is 13.1. The van der Waals surface area contributed by atoms with Crippen LogP contribution in [0, 0.1) is 0 Å². The zero-order chi connectivity index (χ0) is 21.2. The van der Waals surface area contributed by atoms with E-state index in [0.29, 0.717) is 32.7 Å². The lowest BCUT2D eigenvalue weighted by molar-refractivity contribution is -0.137. The number of hydrogen-bond acceptors (Lipinski definition) is 5. The molecule has 0 bridgehead atoms. The van der Waals surface area contributed by atoms with Gasteiger partial charge in [-0.05, 0) is 24.3 Å². The lowest BCUT2D eigenvalue weighted by atomic mass is 10.1. The monoisotopic (exact) mass is 415 g/mol. The maximum absolute atomic E-state index is 12.6. The fourth-order valence-corrected chi connectivity index (χ4v) is 3.53. The van der Waals surface area contributed by atoms with E-state index in [2.05, 4.69) is 10.2 Å². The molecular weight excluding hydrogens is 391 g/mol. The molecule has 0 aromatic heterocycles. The van der Waals surface area contributed by atoms with E-state index in [-0.39, 0.29) is 18.1 Å². The molecule has 3 rings (SSSR count). The van der Waals surface area contributed by atoms with Crippen LogP contribution in [0.15, 0.2) is 24.3 Å². The van der Waals surface area contributed by atoms with Crippen LogP contribution in [0.1, 0.15) is 22.8 Å². The molecule has 2 saturated heterocycles.